The van der Waals surface area contributed by atoms with Gasteiger partial charge in [0, 0.05) is 12.1 Å². The molecule has 7 heteroatoms. The molecule has 3 saturated carbocycles. The van der Waals surface area contributed by atoms with Crippen LogP contribution in [0.15, 0.2) is 24.3 Å². The van der Waals surface area contributed by atoms with E-state index >= 15 is 0 Å². The normalized spacial score (nSPS) is 31.0. The first-order chi connectivity index (χ1) is 18.2. The Labute approximate surface area is 224 Å². The van der Waals surface area contributed by atoms with E-state index in [4.69, 9.17) is 4.74 Å². The highest BCUT2D eigenvalue weighted by Crippen LogP contribution is 2.42. The van der Waals surface area contributed by atoms with Crippen LogP contribution < -0.4 is 4.74 Å². The number of alkyl halides is 2. The van der Waals surface area contributed by atoms with E-state index in [1.165, 1.54) is 64.2 Å². The van der Waals surface area contributed by atoms with Crippen molar-refractivity contribution >= 4 is 0 Å². The maximum atomic E-state index is 14.1. The summed E-state index contributed by atoms with van der Waals surface area (Å²) in [5.74, 6) is -1.73. The predicted molar refractivity (Wildman–Crippen MR) is 139 cm³/mol. The average molecular weight is 543 g/mol. The van der Waals surface area contributed by atoms with Crippen LogP contribution in [0.1, 0.15) is 96.8 Å². The molecule has 0 amide bonds. The van der Waals surface area contributed by atoms with Crippen LogP contribution in [-0.2, 0) is 4.74 Å². The van der Waals surface area contributed by atoms with Gasteiger partial charge in [-0.2, -0.15) is 8.78 Å². The lowest BCUT2D eigenvalue weighted by atomic mass is 9.68. The molecule has 3 aliphatic carbocycles. The summed E-state index contributed by atoms with van der Waals surface area (Å²) in [6, 6.07) is 0.795. The molecular formula is C31H43F5O2. The largest absolute Gasteiger partial charge is 0.431 e. The van der Waals surface area contributed by atoms with Gasteiger partial charge in [0.1, 0.15) is 5.75 Å². The first kappa shape index (κ1) is 29.4. The standard InChI is InChI=1S/C31H43F5O2/c1-2-3-21-6-12-24(13-7-21)25-14-8-22(9-15-25)4-5-23-10-16-26(17-11-23)37-20-31(35,36)38-27-18-28(32)30(34)29(33)19-27/h4-5,18-19,21-26H,2-3,6-17,20H2,1H3/b5-4+. The van der Waals surface area contributed by atoms with E-state index in [0.717, 1.165) is 30.6 Å². The lowest BCUT2D eigenvalue weighted by molar-refractivity contribution is -0.222. The van der Waals surface area contributed by atoms with Gasteiger partial charge < -0.3 is 9.47 Å². The van der Waals surface area contributed by atoms with Crippen molar-refractivity contribution in [2.75, 3.05) is 6.61 Å². The van der Waals surface area contributed by atoms with Gasteiger partial charge in [0.25, 0.3) is 0 Å². The fourth-order valence-electron chi connectivity index (χ4n) is 6.94. The summed E-state index contributed by atoms with van der Waals surface area (Å²) < 4.78 is 77.6. The molecule has 3 aliphatic rings. The van der Waals surface area contributed by atoms with Crippen molar-refractivity contribution in [1.82, 2.24) is 0 Å². The van der Waals surface area contributed by atoms with Crippen molar-refractivity contribution in [1.29, 1.82) is 0 Å². The Morgan fingerprint density at radius 1 is 0.763 bits per heavy atom. The number of rotatable bonds is 10. The molecule has 4 rings (SSSR count). The highest BCUT2D eigenvalue weighted by molar-refractivity contribution is 5.25. The second-order valence-electron chi connectivity index (χ2n) is 11.9. The van der Waals surface area contributed by atoms with E-state index in [1.54, 1.807) is 0 Å². The third-order valence-electron chi connectivity index (χ3n) is 9.16. The Morgan fingerprint density at radius 3 is 1.79 bits per heavy atom. The first-order valence-electron chi connectivity index (χ1n) is 14.7. The molecule has 0 radical (unpaired) electrons. The van der Waals surface area contributed by atoms with Crippen molar-refractivity contribution in [2.45, 2.75) is 109 Å². The molecule has 0 saturated heterocycles. The first-order valence-corrected chi connectivity index (χ1v) is 14.7. The van der Waals surface area contributed by atoms with Gasteiger partial charge in [-0.1, -0.05) is 44.8 Å². The molecular weight excluding hydrogens is 499 g/mol. The van der Waals surface area contributed by atoms with Crippen LogP contribution >= 0.6 is 0 Å². The molecule has 0 unspecified atom stereocenters. The summed E-state index contributed by atoms with van der Waals surface area (Å²) in [5, 5.41) is 0. The lowest BCUT2D eigenvalue weighted by Crippen LogP contribution is -2.34. The Balaban J connectivity index is 1.12. The maximum Gasteiger partial charge on any atom is 0.421 e. The summed E-state index contributed by atoms with van der Waals surface area (Å²) in [5.41, 5.74) is 0. The molecule has 0 N–H and O–H groups in total. The number of halogens is 5. The van der Waals surface area contributed by atoms with Crippen LogP contribution in [0.5, 0.6) is 5.75 Å². The number of hydrogen-bond acceptors (Lipinski definition) is 2. The van der Waals surface area contributed by atoms with Gasteiger partial charge in [-0.3, -0.25) is 0 Å². The second-order valence-corrected chi connectivity index (χ2v) is 11.9. The van der Waals surface area contributed by atoms with Gasteiger partial charge >= 0.3 is 6.11 Å². The number of allylic oxidation sites excluding steroid dienone is 2. The van der Waals surface area contributed by atoms with E-state index < -0.39 is 35.9 Å². The molecule has 0 aliphatic heterocycles. The topological polar surface area (TPSA) is 18.5 Å². The van der Waals surface area contributed by atoms with E-state index in [-0.39, 0.29) is 6.10 Å². The summed E-state index contributed by atoms with van der Waals surface area (Å²) in [6.45, 7) is 1.27. The molecule has 0 spiro atoms. The molecule has 2 nitrogen and oxygen atoms in total. The van der Waals surface area contributed by atoms with Gasteiger partial charge in [-0.15, -0.1) is 0 Å². The van der Waals surface area contributed by atoms with Crippen LogP contribution in [0.3, 0.4) is 0 Å². The van der Waals surface area contributed by atoms with Crippen LogP contribution in [0, 0.1) is 47.0 Å². The van der Waals surface area contributed by atoms with Crippen molar-refractivity contribution in [3.8, 4) is 5.75 Å². The van der Waals surface area contributed by atoms with Crippen molar-refractivity contribution < 1.29 is 31.4 Å². The van der Waals surface area contributed by atoms with Crippen LogP contribution in [-0.4, -0.2) is 18.8 Å². The third-order valence-corrected chi connectivity index (χ3v) is 9.16. The Bertz CT molecular complexity index is 873. The van der Waals surface area contributed by atoms with E-state index in [9.17, 15) is 22.0 Å². The number of ether oxygens (including phenoxy) is 2. The monoisotopic (exact) mass is 542 g/mol. The zero-order chi connectivity index (χ0) is 27.1. The summed E-state index contributed by atoms with van der Waals surface area (Å²) >= 11 is 0. The highest BCUT2D eigenvalue weighted by Gasteiger charge is 2.35. The van der Waals surface area contributed by atoms with Crippen LogP contribution in [0.4, 0.5) is 22.0 Å². The van der Waals surface area contributed by atoms with Crippen molar-refractivity contribution in [3.05, 3.63) is 41.7 Å². The Hall–Kier alpha value is -1.63. The number of hydrogen-bond donors (Lipinski definition) is 0. The van der Waals surface area contributed by atoms with E-state index in [1.807, 2.05) is 0 Å². The lowest BCUT2D eigenvalue weighted by Gasteiger charge is -2.37. The van der Waals surface area contributed by atoms with Gasteiger partial charge in [0.05, 0.1) is 6.10 Å². The minimum absolute atomic E-state index is 0.307. The van der Waals surface area contributed by atoms with E-state index in [0.29, 0.717) is 36.8 Å². The SMILES string of the molecule is CCCC1CCC(C2CCC(/C=C/C3CCC(OCC(F)(F)Oc4cc(F)c(F)c(F)c4)CC3)CC2)CC1. The zero-order valence-electron chi connectivity index (χ0n) is 22.6. The molecule has 3 fully saturated rings. The summed E-state index contributed by atoms with van der Waals surface area (Å²) in [6.07, 6.45) is 17.5. The van der Waals surface area contributed by atoms with Crippen LogP contribution in [0.25, 0.3) is 0 Å². The van der Waals surface area contributed by atoms with Gasteiger partial charge in [0.2, 0.25) is 0 Å². The molecule has 1 aromatic carbocycles. The fourth-order valence-corrected chi connectivity index (χ4v) is 6.94. The van der Waals surface area contributed by atoms with Gasteiger partial charge in [-0.25, -0.2) is 13.2 Å². The average Bonchev–Trinajstić information content (AvgIpc) is 2.91. The Morgan fingerprint density at radius 2 is 1.26 bits per heavy atom. The molecule has 0 aromatic heterocycles. The smallest absolute Gasteiger partial charge is 0.421 e. The third kappa shape index (κ3) is 8.43. The zero-order valence-corrected chi connectivity index (χ0v) is 22.6. The second kappa shape index (κ2) is 13.6. The molecule has 0 bridgehead atoms. The van der Waals surface area contributed by atoms with Gasteiger partial charge in [-0.05, 0) is 93.8 Å². The highest BCUT2D eigenvalue weighted by atomic mass is 19.3. The minimum atomic E-state index is -3.78. The van der Waals surface area contributed by atoms with Crippen molar-refractivity contribution in [2.24, 2.45) is 29.6 Å². The molecule has 38 heavy (non-hydrogen) atoms. The molecule has 1 aromatic rings. The van der Waals surface area contributed by atoms with E-state index in [2.05, 4.69) is 23.8 Å². The minimum Gasteiger partial charge on any atom is -0.431 e. The fraction of sp³-hybridized carbons (Fsp3) is 0.742. The number of benzene rings is 1. The van der Waals surface area contributed by atoms with Gasteiger partial charge in [0.15, 0.2) is 24.1 Å². The molecule has 0 heterocycles. The quantitative estimate of drug-likeness (QED) is 0.166. The summed E-state index contributed by atoms with van der Waals surface area (Å²) in [7, 11) is 0. The van der Waals surface area contributed by atoms with Crippen molar-refractivity contribution in [3.63, 3.8) is 0 Å². The van der Waals surface area contributed by atoms with Crippen LogP contribution in [0.2, 0.25) is 0 Å². The molecule has 214 valence electrons. The molecule has 0 atom stereocenters. The maximum absolute atomic E-state index is 14.1. The summed E-state index contributed by atoms with van der Waals surface area (Å²) in [4.78, 5) is 0. The predicted octanol–water partition coefficient (Wildman–Crippen LogP) is 9.62. The Kier molecular flexibility index (Phi) is 10.5.